The van der Waals surface area contributed by atoms with Crippen molar-refractivity contribution in [2.45, 2.75) is 6.54 Å². The smallest absolute Gasteiger partial charge is 0.236 e. The number of amides is 1. The molecule has 1 N–H and O–H groups in total. The maximum Gasteiger partial charge on any atom is 0.236 e. The number of carbonyl (C=O) groups is 1. The van der Waals surface area contributed by atoms with Gasteiger partial charge in [-0.3, -0.25) is 4.79 Å². The Kier molecular flexibility index (Phi) is 6.68. The van der Waals surface area contributed by atoms with Gasteiger partial charge in [0.25, 0.3) is 0 Å². The van der Waals surface area contributed by atoms with E-state index in [2.05, 4.69) is 22.4 Å². The summed E-state index contributed by atoms with van der Waals surface area (Å²) < 4.78 is 1.96. The van der Waals surface area contributed by atoms with E-state index in [0.29, 0.717) is 13.1 Å². The van der Waals surface area contributed by atoms with Crippen molar-refractivity contribution in [1.29, 1.82) is 0 Å². The lowest BCUT2D eigenvalue weighted by Crippen LogP contribution is -2.47. The van der Waals surface area contributed by atoms with Gasteiger partial charge in [-0.15, -0.1) is 24.8 Å². The van der Waals surface area contributed by atoms with E-state index in [4.69, 9.17) is 0 Å². The predicted molar refractivity (Wildman–Crippen MR) is 86.3 cm³/mol. The largest absolute Gasteiger partial charge is 0.336 e. The number of imidazole rings is 1. The highest BCUT2D eigenvalue weighted by molar-refractivity contribution is 5.85. The molecule has 0 radical (unpaired) electrons. The number of piperazine rings is 1. The average molecular weight is 329 g/mol. The minimum atomic E-state index is 0. The molecule has 1 amide bonds. The van der Waals surface area contributed by atoms with E-state index in [1.165, 1.54) is 0 Å². The van der Waals surface area contributed by atoms with Gasteiger partial charge in [-0.25, -0.2) is 4.98 Å². The Morgan fingerprint density at radius 1 is 1.19 bits per heavy atom. The molecule has 0 saturated carbocycles. The summed E-state index contributed by atoms with van der Waals surface area (Å²) in [5, 5.41) is 3.08. The van der Waals surface area contributed by atoms with Crippen LogP contribution in [0.3, 0.4) is 0 Å². The van der Waals surface area contributed by atoms with Crippen molar-refractivity contribution in [2.24, 2.45) is 0 Å². The Morgan fingerprint density at radius 2 is 1.95 bits per heavy atom. The molecular formula is C14H18Cl2N4O. The lowest BCUT2D eigenvalue weighted by Gasteiger charge is -2.27. The van der Waals surface area contributed by atoms with Gasteiger partial charge in [0.05, 0.1) is 12.9 Å². The number of hydrogen-bond donors (Lipinski definition) is 1. The summed E-state index contributed by atoms with van der Waals surface area (Å²) in [5.41, 5.74) is 2.23. The fraction of sp³-hybridized carbons (Fsp3) is 0.286. The lowest BCUT2D eigenvalue weighted by molar-refractivity contribution is -0.132. The molecule has 1 aromatic heterocycles. The fourth-order valence-electron chi connectivity index (χ4n) is 2.22. The van der Waals surface area contributed by atoms with Gasteiger partial charge in [0.2, 0.25) is 5.91 Å². The summed E-state index contributed by atoms with van der Waals surface area (Å²) in [5.74, 6) is 0.171. The van der Waals surface area contributed by atoms with Crippen LogP contribution < -0.4 is 5.32 Å². The van der Waals surface area contributed by atoms with Crippen molar-refractivity contribution < 1.29 is 4.79 Å². The molecule has 1 aliphatic rings. The van der Waals surface area contributed by atoms with E-state index in [1.807, 2.05) is 27.8 Å². The highest BCUT2D eigenvalue weighted by atomic mass is 35.5. The van der Waals surface area contributed by atoms with E-state index >= 15 is 0 Å². The van der Waals surface area contributed by atoms with Crippen LogP contribution in [0, 0.1) is 0 Å². The van der Waals surface area contributed by atoms with E-state index in [-0.39, 0.29) is 30.7 Å². The molecule has 1 saturated heterocycles. The standard InChI is InChI=1S/C14H16N4O.2ClH/c19-14-9-15-5-7-17(14)10-12-1-3-13(4-2-12)18-8-6-16-11-18;;/h1-4,6,8,11,15H,5,7,9-10H2;2*1H. The van der Waals surface area contributed by atoms with Gasteiger partial charge >= 0.3 is 0 Å². The summed E-state index contributed by atoms with van der Waals surface area (Å²) >= 11 is 0. The number of aromatic nitrogens is 2. The molecule has 114 valence electrons. The molecular weight excluding hydrogens is 311 g/mol. The highest BCUT2D eigenvalue weighted by Gasteiger charge is 2.17. The van der Waals surface area contributed by atoms with Gasteiger partial charge in [0.1, 0.15) is 0 Å². The van der Waals surface area contributed by atoms with Crippen molar-refractivity contribution in [2.75, 3.05) is 19.6 Å². The molecule has 21 heavy (non-hydrogen) atoms. The van der Waals surface area contributed by atoms with Crippen LogP contribution in [0.4, 0.5) is 0 Å². The van der Waals surface area contributed by atoms with Crippen LogP contribution >= 0.6 is 24.8 Å². The molecule has 7 heteroatoms. The summed E-state index contributed by atoms with van der Waals surface area (Å²) in [6.45, 7) is 2.79. The average Bonchev–Trinajstić information content (AvgIpc) is 2.96. The Labute approximate surface area is 136 Å². The molecule has 5 nitrogen and oxygen atoms in total. The van der Waals surface area contributed by atoms with Crippen LogP contribution in [0.2, 0.25) is 0 Å². The monoisotopic (exact) mass is 328 g/mol. The molecule has 3 rings (SSSR count). The number of carbonyl (C=O) groups excluding carboxylic acids is 1. The zero-order valence-corrected chi connectivity index (χ0v) is 13.1. The number of benzene rings is 1. The Hall–Kier alpha value is -1.56. The fourth-order valence-corrected chi connectivity index (χ4v) is 2.22. The van der Waals surface area contributed by atoms with Gasteiger partial charge in [-0.2, -0.15) is 0 Å². The zero-order chi connectivity index (χ0) is 13.1. The normalized spacial score (nSPS) is 14.3. The SMILES string of the molecule is Cl.Cl.O=C1CNCCN1Cc1ccc(-n2ccnc2)cc1. The minimum Gasteiger partial charge on any atom is -0.336 e. The third-order valence-corrected chi connectivity index (χ3v) is 3.30. The predicted octanol–water partition coefficient (Wildman–Crippen LogP) is 1.65. The van der Waals surface area contributed by atoms with Crippen LogP contribution in [0.1, 0.15) is 5.56 Å². The van der Waals surface area contributed by atoms with E-state index in [1.54, 1.807) is 12.5 Å². The van der Waals surface area contributed by atoms with Crippen molar-refractivity contribution >= 4 is 30.7 Å². The molecule has 0 unspecified atom stereocenters. The van der Waals surface area contributed by atoms with Gasteiger partial charge in [0.15, 0.2) is 0 Å². The van der Waals surface area contributed by atoms with Crippen molar-refractivity contribution in [3.63, 3.8) is 0 Å². The molecule has 0 bridgehead atoms. The van der Waals surface area contributed by atoms with Crippen LogP contribution in [0.5, 0.6) is 0 Å². The van der Waals surface area contributed by atoms with Crippen LogP contribution in [-0.2, 0) is 11.3 Å². The summed E-state index contributed by atoms with van der Waals surface area (Å²) in [6.07, 6.45) is 5.44. The number of nitrogens with one attached hydrogen (secondary N) is 1. The van der Waals surface area contributed by atoms with Gasteiger partial charge < -0.3 is 14.8 Å². The third kappa shape index (κ3) is 4.20. The quantitative estimate of drug-likeness (QED) is 0.932. The molecule has 0 atom stereocenters. The minimum absolute atomic E-state index is 0. The second-order valence-corrected chi connectivity index (χ2v) is 4.63. The van der Waals surface area contributed by atoms with Crippen LogP contribution in [0.15, 0.2) is 43.0 Å². The van der Waals surface area contributed by atoms with Crippen molar-refractivity contribution in [3.05, 3.63) is 48.5 Å². The molecule has 1 aliphatic heterocycles. The van der Waals surface area contributed by atoms with E-state index in [0.717, 1.165) is 24.3 Å². The maximum atomic E-state index is 11.7. The molecule has 2 aromatic rings. The first-order chi connectivity index (χ1) is 9.33. The van der Waals surface area contributed by atoms with Crippen LogP contribution in [-0.4, -0.2) is 40.0 Å². The lowest BCUT2D eigenvalue weighted by atomic mass is 10.2. The highest BCUT2D eigenvalue weighted by Crippen LogP contribution is 2.11. The number of hydrogen-bond acceptors (Lipinski definition) is 3. The molecule has 1 fully saturated rings. The molecule has 2 heterocycles. The summed E-state index contributed by atoms with van der Waals surface area (Å²) in [6, 6.07) is 8.21. The second-order valence-electron chi connectivity index (χ2n) is 4.63. The second kappa shape index (κ2) is 8.02. The van der Waals surface area contributed by atoms with Gasteiger partial charge in [-0.1, -0.05) is 12.1 Å². The van der Waals surface area contributed by atoms with E-state index < -0.39 is 0 Å². The van der Waals surface area contributed by atoms with Crippen molar-refractivity contribution in [3.8, 4) is 5.69 Å². The first-order valence-corrected chi connectivity index (χ1v) is 6.39. The van der Waals surface area contributed by atoms with Crippen LogP contribution in [0.25, 0.3) is 5.69 Å². The molecule has 1 aromatic carbocycles. The summed E-state index contributed by atoms with van der Waals surface area (Å²) in [4.78, 5) is 17.6. The third-order valence-electron chi connectivity index (χ3n) is 3.30. The van der Waals surface area contributed by atoms with Gasteiger partial charge in [-0.05, 0) is 17.7 Å². The Balaban J connectivity index is 0.00000110. The molecule has 0 aliphatic carbocycles. The topological polar surface area (TPSA) is 50.2 Å². The van der Waals surface area contributed by atoms with E-state index in [9.17, 15) is 4.79 Å². The van der Waals surface area contributed by atoms with Gasteiger partial charge in [0, 0.05) is 37.7 Å². The Morgan fingerprint density at radius 3 is 2.57 bits per heavy atom. The number of nitrogens with zero attached hydrogens (tertiary/aromatic N) is 3. The van der Waals surface area contributed by atoms with Crippen molar-refractivity contribution in [1.82, 2.24) is 19.8 Å². The first kappa shape index (κ1) is 17.5. The molecule has 0 spiro atoms. The summed E-state index contributed by atoms with van der Waals surface area (Å²) in [7, 11) is 0. The first-order valence-electron chi connectivity index (χ1n) is 6.39. The number of rotatable bonds is 3. The Bertz CT molecular complexity index is 557. The zero-order valence-electron chi connectivity index (χ0n) is 11.4. The number of halogens is 2. The maximum absolute atomic E-state index is 11.7.